The Balaban J connectivity index is 2.03. The van der Waals surface area contributed by atoms with E-state index in [1.807, 2.05) is 32.0 Å². The van der Waals surface area contributed by atoms with Gasteiger partial charge < -0.3 is 4.90 Å². The van der Waals surface area contributed by atoms with Crippen molar-refractivity contribution >= 4 is 21.6 Å². The predicted octanol–water partition coefficient (Wildman–Crippen LogP) is 2.33. The molecular formula is C17H26N2O3S. The highest BCUT2D eigenvalue weighted by atomic mass is 32.2. The van der Waals surface area contributed by atoms with Crippen LogP contribution in [0.5, 0.6) is 0 Å². The van der Waals surface area contributed by atoms with E-state index in [-0.39, 0.29) is 17.6 Å². The highest BCUT2D eigenvalue weighted by molar-refractivity contribution is 7.89. The average molecular weight is 338 g/mol. The molecular weight excluding hydrogens is 312 g/mol. The summed E-state index contributed by atoms with van der Waals surface area (Å²) in [5.74, 6) is 0.0838. The summed E-state index contributed by atoms with van der Waals surface area (Å²) in [6, 6.07) is 5.99. The number of rotatable bonds is 4. The van der Waals surface area contributed by atoms with E-state index < -0.39 is 10.0 Å². The zero-order valence-corrected chi connectivity index (χ0v) is 15.2. The van der Waals surface area contributed by atoms with Gasteiger partial charge in [-0.15, -0.1) is 0 Å². The highest BCUT2D eigenvalue weighted by Gasteiger charge is 2.31. The first-order valence-electron chi connectivity index (χ1n) is 8.09. The predicted molar refractivity (Wildman–Crippen MR) is 93.1 cm³/mol. The Labute approximate surface area is 139 Å². The van der Waals surface area contributed by atoms with Crippen LogP contribution in [0.4, 0.5) is 5.69 Å². The minimum atomic E-state index is -3.14. The zero-order valence-electron chi connectivity index (χ0n) is 14.4. The van der Waals surface area contributed by atoms with Crippen molar-refractivity contribution in [2.24, 2.45) is 5.92 Å². The third-order valence-corrected chi connectivity index (χ3v) is 6.65. The molecule has 1 amide bonds. The average Bonchev–Trinajstić information content (AvgIpc) is 2.56. The molecule has 1 heterocycles. The van der Waals surface area contributed by atoms with Gasteiger partial charge in [-0.2, -0.15) is 0 Å². The molecule has 1 fully saturated rings. The van der Waals surface area contributed by atoms with Crippen molar-refractivity contribution in [3.05, 3.63) is 29.3 Å². The monoisotopic (exact) mass is 338 g/mol. The fourth-order valence-electron chi connectivity index (χ4n) is 2.90. The first-order chi connectivity index (χ1) is 10.8. The fourth-order valence-corrected chi connectivity index (χ4v) is 4.03. The van der Waals surface area contributed by atoms with E-state index in [1.165, 1.54) is 9.87 Å². The lowest BCUT2D eigenvalue weighted by atomic mass is 9.96. The molecule has 1 aliphatic heterocycles. The van der Waals surface area contributed by atoms with E-state index in [0.717, 1.165) is 11.3 Å². The first kappa shape index (κ1) is 17.9. The Morgan fingerprint density at radius 1 is 1.22 bits per heavy atom. The van der Waals surface area contributed by atoms with Crippen molar-refractivity contribution in [2.45, 2.75) is 33.6 Å². The van der Waals surface area contributed by atoms with Crippen LogP contribution in [-0.4, -0.2) is 44.5 Å². The second-order valence-electron chi connectivity index (χ2n) is 6.24. The number of carbonyl (C=O) groups is 1. The third kappa shape index (κ3) is 3.93. The third-order valence-electron chi connectivity index (χ3n) is 4.77. The topological polar surface area (TPSA) is 57.7 Å². The molecule has 0 bridgehead atoms. The number of hydrogen-bond acceptors (Lipinski definition) is 3. The number of amides is 1. The quantitative estimate of drug-likeness (QED) is 0.846. The largest absolute Gasteiger partial charge is 0.315 e. The molecule has 6 heteroatoms. The van der Waals surface area contributed by atoms with Crippen molar-refractivity contribution in [1.82, 2.24) is 4.31 Å². The van der Waals surface area contributed by atoms with E-state index in [2.05, 4.69) is 0 Å². The first-order valence-corrected chi connectivity index (χ1v) is 9.70. The van der Waals surface area contributed by atoms with Gasteiger partial charge in [0, 0.05) is 31.7 Å². The second kappa shape index (κ2) is 7.01. The molecule has 0 aliphatic carbocycles. The molecule has 5 nitrogen and oxygen atoms in total. The normalized spacial score (nSPS) is 17.2. The number of sulfonamides is 1. The minimum absolute atomic E-state index is 0.0711. The van der Waals surface area contributed by atoms with Crippen LogP contribution in [0.2, 0.25) is 0 Å². The van der Waals surface area contributed by atoms with Crippen LogP contribution in [0.3, 0.4) is 0 Å². The maximum atomic E-state index is 12.7. The maximum Gasteiger partial charge on any atom is 0.229 e. The van der Waals surface area contributed by atoms with Crippen molar-refractivity contribution in [1.29, 1.82) is 0 Å². The van der Waals surface area contributed by atoms with Gasteiger partial charge in [0.05, 0.1) is 5.75 Å². The molecule has 0 spiro atoms. The summed E-state index contributed by atoms with van der Waals surface area (Å²) in [4.78, 5) is 14.4. The Morgan fingerprint density at radius 2 is 1.83 bits per heavy atom. The molecule has 1 aromatic rings. The standard InChI is InChI=1S/C17H26N2O3S/c1-5-23(21,22)19-10-8-15(9-11-19)17(20)18(4)16-7-6-13(2)14(3)12-16/h6-7,12,15H,5,8-11H2,1-4H3. The van der Waals surface area contributed by atoms with Crippen LogP contribution >= 0.6 is 0 Å². The summed E-state index contributed by atoms with van der Waals surface area (Å²) in [5.41, 5.74) is 3.25. The lowest BCUT2D eigenvalue weighted by molar-refractivity contribution is -0.123. The summed E-state index contributed by atoms with van der Waals surface area (Å²) in [5, 5.41) is 0. The van der Waals surface area contributed by atoms with Gasteiger partial charge in [0.1, 0.15) is 0 Å². The lowest BCUT2D eigenvalue weighted by Gasteiger charge is -2.32. The van der Waals surface area contributed by atoms with Crippen LogP contribution in [0.15, 0.2) is 18.2 Å². The van der Waals surface area contributed by atoms with Crippen LogP contribution in [0, 0.1) is 19.8 Å². The molecule has 2 rings (SSSR count). The number of aryl methyl sites for hydroxylation is 2. The SMILES string of the molecule is CCS(=O)(=O)N1CCC(C(=O)N(C)c2ccc(C)c(C)c2)CC1. The number of nitrogens with zero attached hydrogens (tertiary/aromatic N) is 2. The Hall–Kier alpha value is -1.40. The van der Waals surface area contributed by atoms with E-state index in [0.29, 0.717) is 25.9 Å². The second-order valence-corrected chi connectivity index (χ2v) is 8.50. The van der Waals surface area contributed by atoms with Gasteiger partial charge in [0.2, 0.25) is 15.9 Å². The maximum absolute atomic E-state index is 12.7. The summed E-state index contributed by atoms with van der Waals surface area (Å²) in [7, 11) is -1.35. The fraction of sp³-hybridized carbons (Fsp3) is 0.588. The van der Waals surface area contributed by atoms with Crippen LogP contribution in [0.1, 0.15) is 30.9 Å². The molecule has 0 aromatic heterocycles. The number of piperidine rings is 1. The summed E-state index contributed by atoms with van der Waals surface area (Å²) < 4.78 is 25.3. The molecule has 1 aromatic carbocycles. The zero-order chi connectivity index (χ0) is 17.2. The molecule has 0 radical (unpaired) electrons. The Morgan fingerprint density at radius 3 is 2.35 bits per heavy atom. The van der Waals surface area contributed by atoms with Gasteiger partial charge in [-0.3, -0.25) is 4.79 Å². The Bertz CT molecular complexity index is 677. The summed E-state index contributed by atoms with van der Waals surface area (Å²) in [6.07, 6.45) is 1.18. The van der Waals surface area contributed by atoms with Crippen LogP contribution < -0.4 is 4.90 Å². The summed E-state index contributed by atoms with van der Waals surface area (Å²) >= 11 is 0. The number of anilines is 1. The van der Waals surface area contributed by atoms with E-state index in [4.69, 9.17) is 0 Å². The van der Waals surface area contributed by atoms with Gasteiger partial charge in [-0.1, -0.05) is 6.07 Å². The van der Waals surface area contributed by atoms with Crippen molar-refractivity contribution in [3.63, 3.8) is 0 Å². The highest BCUT2D eigenvalue weighted by Crippen LogP contribution is 2.25. The molecule has 23 heavy (non-hydrogen) atoms. The lowest BCUT2D eigenvalue weighted by Crippen LogP contribution is -2.44. The smallest absolute Gasteiger partial charge is 0.229 e. The molecule has 0 unspecified atom stereocenters. The Kier molecular flexibility index (Phi) is 5.47. The van der Waals surface area contributed by atoms with E-state index >= 15 is 0 Å². The van der Waals surface area contributed by atoms with Gasteiger partial charge >= 0.3 is 0 Å². The van der Waals surface area contributed by atoms with Gasteiger partial charge in [0.25, 0.3) is 0 Å². The van der Waals surface area contributed by atoms with Gasteiger partial charge in [0.15, 0.2) is 0 Å². The molecule has 1 aliphatic rings. The van der Waals surface area contributed by atoms with Crippen molar-refractivity contribution in [2.75, 3.05) is 30.8 Å². The number of hydrogen-bond donors (Lipinski definition) is 0. The molecule has 0 N–H and O–H groups in total. The summed E-state index contributed by atoms with van der Waals surface area (Å²) in [6.45, 7) is 6.61. The molecule has 1 saturated heterocycles. The van der Waals surface area contributed by atoms with Crippen molar-refractivity contribution in [3.8, 4) is 0 Å². The van der Waals surface area contributed by atoms with Crippen LogP contribution in [-0.2, 0) is 14.8 Å². The van der Waals surface area contributed by atoms with Crippen molar-refractivity contribution < 1.29 is 13.2 Å². The molecule has 128 valence electrons. The molecule has 0 saturated carbocycles. The van der Waals surface area contributed by atoms with Crippen LogP contribution in [0.25, 0.3) is 0 Å². The van der Waals surface area contributed by atoms with Gasteiger partial charge in [-0.25, -0.2) is 12.7 Å². The van der Waals surface area contributed by atoms with E-state index in [9.17, 15) is 13.2 Å². The van der Waals surface area contributed by atoms with E-state index in [1.54, 1.807) is 18.9 Å². The van der Waals surface area contributed by atoms with Gasteiger partial charge in [-0.05, 0) is 56.9 Å². The number of benzene rings is 1. The minimum Gasteiger partial charge on any atom is -0.315 e. The molecule has 0 atom stereocenters. The number of carbonyl (C=O) groups excluding carboxylic acids is 1.